The molecular formula is C15H32N2O3. The third-order valence-corrected chi connectivity index (χ3v) is 4.50. The van der Waals surface area contributed by atoms with Gasteiger partial charge in [0.15, 0.2) is 0 Å². The topological polar surface area (TPSA) is 68.0 Å². The lowest BCUT2D eigenvalue weighted by atomic mass is 9.88. The van der Waals surface area contributed by atoms with Gasteiger partial charge < -0.3 is 25.2 Å². The van der Waals surface area contributed by atoms with Crippen LogP contribution in [0.3, 0.4) is 0 Å². The number of hydrogen-bond donors (Lipinski definition) is 2. The van der Waals surface area contributed by atoms with Crippen LogP contribution in [0.2, 0.25) is 0 Å². The molecule has 1 aliphatic carbocycles. The number of nitrogens with two attached hydrogens (primary N) is 1. The molecule has 5 nitrogen and oxygen atoms in total. The Morgan fingerprint density at radius 1 is 1.20 bits per heavy atom. The fourth-order valence-corrected chi connectivity index (χ4v) is 3.14. The van der Waals surface area contributed by atoms with E-state index in [2.05, 4.69) is 4.90 Å². The van der Waals surface area contributed by atoms with E-state index in [1.165, 1.54) is 0 Å². The van der Waals surface area contributed by atoms with E-state index >= 15 is 0 Å². The lowest BCUT2D eigenvalue weighted by Gasteiger charge is -2.31. The summed E-state index contributed by atoms with van der Waals surface area (Å²) in [7, 11) is 3.47. The summed E-state index contributed by atoms with van der Waals surface area (Å²) < 4.78 is 10.3. The summed E-state index contributed by atoms with van der Waals surface area (Å²) in [6.45, 7) is 4.89. The molecule has 2 unspecified atom stereocenters. The molecule has 2 atom stereocenters. The molecule has 5 heteroatoms. The number of hydrogen-bond acceptors (Lipinski definition) is 5. The summed E-state index contributed by atoms with van der Waals surface area (Å²) in [5.41, 5.74) is 5.12. The van der Waals surface area contributed by atoms with E-state index in [-0.39, 0.29) is 0 Å². The standard InChI is InChI=1S/C15H32N2O3/c1-19-11-4-8-17(10-12-20-2)9-6-14-5-3-7-15(14,18)13-16/h14,18H,3-13,16H2,1-2H3. The average Bonchev–Trinajstić information content (AvgIpc) is 2.83. The summed E-state index contributed by atoms with van der Waals surface area (Å²) in [6.07, 6.45) is 5.11. The molecular weight excluding hydrogens is 256 g/mol. The minimum absolute atomic E-state index is 0.347. The summed E-state index contributed by atoms with van der Waals surface area (Å²) in [5, 5.41) is 10.5. The zero-order valence-electron chi connectivity index (χ0n) is 13.1. The maximum Gasteiger partial charge on any atom is 0.0797 e. The number of methoxy groups -OCH3 is 2. The first kappa shape index (κ1) is 17.9. The zero-order chi connectivity index (χ0) is 14.8. The van der Waals surface area contributed by atoms with Gasteiger partial charge in [-0.15, -0.1) is 0 Å². The van der Waals surface area contributed by atoms with Crippen LogP contribution < -0.4 is 5.73 Å². The van der Waals surface area contributed by atoms with Crippen LogP contribution in [-0.2, 0) is 9.47 Å². The molecule has 1 saturated carbocycles. The van der Waals surface area contributed by atoms with E-state index < -0.39 is 5.60 Å². The van der Waals surface area contributed by atoms with Gasteiger partial charge in [0.25, 0.3) is 0 Å². The predicted octanol–water partition coefficient (Wildman–Crippen LogP) is 0.851. The zero-order valence-corrected chi connectivity index (χ0v) is 13.1. The van der Waals surface area contributed by atoms with E-state index in [4.69, 9.17) is 15.2 Å². The molecule has 120 valence electrons. The highest BCUT2D eigenvalue weighted by molar-refractivity contribution is 4.93. The summed E-state index contributed by atoms with van der Waals surface area (Å²) >= 11 is 0. The van der Waals surface area contributed by atoms with E-state index in [9.17, 15) is 5.11 Å². The van der Waals surface area contributed by atoms with Crippen molar-refractivity contribution in [3.05, 3.63) is 0 Å². The molecule has 0 radical (unpaired) electrons. The molecule has 0 spiro atoms. The minimum Gasteiger partial charge on any atom is -0.388 e. The van der Waals surface area contributed by atoms with E-state index in [0.717, 1.165) is 65.0 Å². The number of nitrogens with zero attached hydrogens (tertiary/aromatic N) is 1. The fourth-order valence-electron chi connectivity index (χ4n) is 3.14. The number of rotatable bonds is 11. The van der Waals surface area contributed by atoms with Crippen LogP contribution in [0.1, 0.15) is 32.1 Å². The van der Waals surface area contributed by atoms with Crippen molar-refractivity contribution in [1.82, 2.24) is 4.90 Å². The molecule has 0 aromatic carbocycles. The van der Waals surface area contributed by atoms with Crippen LogP contribution in [0.5, 0.6) is 0 Å². The Bertz CT molecular complexity index is 253. The van der Waals surface area contributed by atoms with Crippen molar-refractivity contribution in [1.29, 1.82) is 0 Å². The van der Waals surface area contributed by atoms with Crippen LogP contribution in [0.25, 0.3) is 0 Å². The SMILES string of the molecule is COCCCN(CCOC)CCC1CCCC1(O)CN. The largest absolute Gasteiger partial charge is 0.388 e. The van der Waals surface area contributed by atoms with Gasteiger partial charge in [-0.05, 0) is 38.1 Å². The van der Waals surface area contributed by atoms with Crippen molar-refractivity contribution in [2.45, 2.75) is 37.7 Å². The van der Waals surface area contributed by atoms with Gasteiger partial charge in [0, 0.05) is 40.5 Å². The maximum absolute atomic E-state index is 10.5. The van der Waals surface area contributed by atoms with Gasteiger partial charge in [-0.25, -0.2) is 0 Å². The summed E-state index contributed by atoms with van der Waals surface area (Å²) in [6, 6.07) is 0. The molecule has 0 bridgehead atoms. The second-order valence-corrected chi connectivity index (χ2v) is 5.87. The normalized spacial score (nSPS) is 26.6. The first-order valence-corrected chi connectivity index (χ1v) is 7.79. The Morgan fingerprint density at radius 2 is 1.95 bits per heavy atom. The molecule has 0 heterocycles. The smallest absolute Gasteiger partial charge is 0.0797 e. The molecule has 0 aromatic rings. The molecule has 1 rings (SSSR count). The Labute approximate surface area is 123 Å². The van der Waals surface area contributed by atoms with Crippen molar-refractivity contribution in [3.63, 3.8) is 0 Å². The highest BCUT2D eigenvalue weighted by Crippen LogP contribution is 2.37. The molecule has 3 N–H and O–H groups in total. The lowest BCUT2D eigenvalue weighted by molar-refractivity contribution is 0.00354. The van der Waals surface area contributed by atoms with Crippen LogP contribution in [0, 0.1) is 5.92 Å². The van der Waals surface area contributed by atoms with Crippen molar-refractivity contribution < 1.29 is 14.6 Å². The third-order valence-electron chi connectivity index (χ3n) is 4.50. The fraction of sp³-hybridized carbons (Fsp3) is 1.00. The second kappa shape index (κ2) is 9.68. The van der Waals surface area contributed by atoms with Crippen molar-refractivity contribution in [3.8, 4) is 0 Å². The lowest BCUT2D eigenvalue weighted by Crippen LogP contribution is -2.42. The van der Waals surface area contributed by atoms with Crippen molar-refractivity contribution >= 4 is 0 Å². The monoisotopic (exact) mass is 288 g/mol. The van der Waals surface area contributed by atoms with Gasteiger partial charge in [-0.1, -0.05) is 6.42 Å². The maximum atomic E-state index is 10.5. The Balaban J connectivity index is 2.35. The minimum atomic E-state index is -0.626. The van der Waals surface area contributed by atoms with Gasteiger partial charge in [-0.2, -0.15) is 0 Å². The number of aliphatic hydroxyl groups is 1. The van der Waals surface area contributed by atoms with Crippen LogP contribution in [0.4, 0.5) is 0 Å². The summed E-state index contributed by atoms with van der Waals surface area (Å²) in [5.74, 6) is 0.347. The van der Waals surface area contributed by atoms with Gasteiger partial charge in [-0.3, -0.25) is 0 Å². The quantitative estimate of drug-likeness (QED) is 0.552. The Morgan fingerprint density at radius 3 is 2.60 bits per heavy atom. The average molecular weight is 288 g/mol. The van der Waals surface area contributed by atoms with E-state index in [1.807, 2.05) is 0 Å². The van der Waals surface area contributed by atoms with E-state index in [1.54, 1.807) is 14.2 Å². The first-order valence-electron chi connectivity index (χ1n) is 7.79. The highest BCUT2D eigenvalue weighted by atomic mass is 16.5. The Hall–Kier alpha value is -0.200. The first-order chi connectivity index (χ1) is 9.66. The molecule has 1 fully saturated rings. The molecule has 0 aromatic heterocycles. The van der Waals surface area contributed by atoms with Gasteiger partial charge in [0.2, 0.25) is 0 Å². The molecule has 0 aliphatic heterocycles. The third kappa shape index (κ3) is 5.66. The van der Waals surface area contributed by atoms with Gasteiger partial charge in [0.05, 0.1) is 12.2 Å². The van der Waals surface area contributed by atoms with Crippen LogP contribution in [-0.4, -0.2) is 69.2 Å². The van der Waals surface area contributed by atoms with Crippen molar-refractivity contribution in [2.75, 3.05) is 53.6 Å². The molecule has 0 amide bonds. The predicted molar refractivity (Wildman–Crippen MR) is 80.8 cm³/mol. The van der Waals surface area contributed by atoms with Crippen LogP contribution in [0.15, 0.2) is 0 Å². The molecule has 0 saturated heterocycles. The Kier molecular flexibility index (Phi) is 8.64. The molecule has 1 aliphatic rings. The highest BCUT2D eigenvalue weighted by Gasteiger charge is 2.39. The van der Waals surface area contributed by atoms with Gasteiger partial charge in [0.1, 0.15) is 0 Å². The van der Waals surface area contributed by atoms with Crippen molar-refractivity contribution in [2.24, 2.45) is 11.7 Å². The van der Waals surface area contributed by atoms with E-state index in [0.29, 0.717) is 12.5 Å². The molecule has 20 heavy (non-hydrogen) atoms. The summed E-state index contributed by atoms with van der Waals surface area (Å²) in [4.78, 5) is 2.40. The number of ether oxygens (including phenoxy) is 2. The van der Waals surface area contributed by atoms with Crippen LogP contribution >= 0.6 is 0 Å². The second-order valence-electron chi connectivity index (χ2n) is 5.87. The van der Waals surface area contributed by atoms with Gasteiger partial charge >= 0.3 is 0 Å².